The maximum Gasteiger partial charge on any atom is 0.514 e. The lowest BCUT2D eigenvalue weighted by atomic mass is 9.85. The van der Waals surface area contributed by atoms with E-state index in [-0.39, 0.29) is 11.2 Å². The van der Waals surface area contributed by atoms with Crippen molar-refractivity contribution in [2.75, 3.05) is 6.61 Å². The highest BCUT2D eigenvalue weighted by molar-refractivity contribution is 6.61. The van der Waals surface area contributed by atoms with Crippen molar-refractivity contribution in [3.63, 3.8) is 0 Å². The number of aromatic nitrogens is 2. The fourth-order valence-corrected chi connectivity index (χ4v) is 1.79. The third-order valence-electron chi connectivity index (χ3n) is 3.66. The van der Waals surface area contributed by atoms with Crippen LogP contribution in [0.25, 0.3) is 0 Å². The maximum absolute atomic E-state index is 5.99. The molecule has 1 aliphatic rings. The van der Waals surface area contributed by atoms with Crippen LogP contribution in [0.4, 0.5) is 0 Å². The third kappa shape index (κ3) is 2.32. The summed E-state index contributed by atoms with van der Waals surface area (Å²) in [5, 5.41) is 4.23. The van der Waals surface area contributed by atoms with Crippen molar-refractivity contribution in [2.45, 2.75) is 52.6 Å². The molecule has 0 radical (unpaired) electrons. The highest BCUT2D eigenvalue weighted by Crippen LogP contribution is 2.36. The van der Waals surface area contributed by atoms with E-state index in [9.17, 15) is 0 Å². The summed E-state index contributed by atoms with van der Waals surface area (Å²) in [6.45, 7) is 11.2. The van der Waals surface area contributed by atoms with E-state index in [1.807, 2.05) is 40.7 Å². The molecule has 0 bridgehead atoms. The lowest BCUT2D eigenvalue weighted by molar-refractivity contribution is 0.00578. The molecule has 1 aliphatic heterocycles. The Bertz CT molecular complexity index is 401. The van der Waals surface area contributed by atoms with Gasteiger partial charge in [0.25, 0.3) is 0 Å². The lowest BCUT2D eigenvalue weighted by Gasteiger charge is -2.32. The second kappa shape index (κ2) is 4.68. The summed E-state index contributed by atoms with van der Waals surface area (Å²) in [7, 11) is -0.391. The predicted octanol–water partition coefficient (Wildman–Crippen LogP) is 1.18. The molecule has 2 rings (SSSR count). The van der Waals surface area contributed by atoms with Crippen molar-refractivity contribution in [3.8, 4) is 0 Å². The van der Waals surface area contributed by atoms with Gasteiger partial charge in [0, 0.05) is 12.8 Å². The van der Waals surface area contributed by atoms with Crippen molar-refractivity contribution in [2.24, 2.45) is 0 Å². The molecule has 0 aromatic carbocycles. The third-order valence-corrected chi connectivity index (χ3v) is 3.66. The van der Waals surface area contributed by atoms with Crippen LogP contribution >= 0.6 is 0 Å². The van der Waals surface area contributed by atoms with Gasteiger partial charge in [-0.05, 0) is 40.7 Å². The molecule has 2 heterocycles. The van der Waals surface area contributed by atoms with Gasteiger partial charge in [0.1, 0.15) is 6.73 Å². The van der Waals surface area contributed by atoms with Gasteiger partial charge in [0.05, 0.1) is 16.8 Å². The Morgan fingerprint density at radius 3 is 2.44 bits per heavy atom. The molecule has 1 aromatic rings. The predicted molar refractivity (Wildman–Crippen MR) is 69.6 cm³/mol. The average Bonchev–Trinajstić information content (AvgIpc) is 2.79. The molecule has 18 heavy (non-hydrogen) atoms. The molecule has 1 saturated heterocycles. The quantitative estimate of drug-likeness (QED) is 0.755. The monoisotopic (exact) mass is 252 g/mol. The first-order chi connectivity index (χ1) is 8.37. The van der Waals surface area contributed by atoms with Crippen LogP contribution in [0.5, 0.6) is 0 Å². The van der Waals surface area contributed by atoms with Crippen LogP contribution in [0.3, 0.4) is 0 Å². The van der Waals surface area contributed by atoms with Gasteiger partial charge in [-0.3, -0.25) is 0 Å². The van der Waals surface area contributed by atoms with Crippen molar-refractivity contribution in [1.82, 2.24) is 9.78 Å². The normalized spacial score (nSPS) is 21.5. The number of rotatable bonds is 4. The van der Waals surface area contributed by atoms with Gasteiger partial charge in [-0.15, -0.1) is 0 Å². The minimum Gasteiger partial charge on any atom is -0.398 e. The van der Waals surface area contributed by atoms with E-state index in [2.05, 4.69) is 5.10 Å². The number of hydrogen-bond donors (Lipinski definition) is 0. The SMILES string of the molecule is CCOCn1nccc1B1OC(C)(C)C(C)(C)O1. The van der Waals surface area contributed by atoms with E-state index in [4.69, 9.17) is 14.0 Å². The standard InChI is InChI=1S/C12H21BN2O3/c1-6-16-9-15-10(7-8-14-15)13-17-11(2,3)12(4,5)18-13/h7-8H,6,9H2,1-5H3. The first kappa shape index (κ1) is 13.6. The molecule has 100 valence electrons. The van der Waals surface area contributed by atoms with Gasteiger partial charge in [-0.2, -0.15) is 5.10 Å². The summed E-state index contributed by atoms with van der Waals surface area (Å²) in [6.07, 6.45) is 1.74. The number of nitrogens with zero attached hydrogens (tertiary/aromatic N) is 2. The topological polar surface area (TPSA) is 45.5 Å². The van der Waals surface area contributed by atoms with Crippen LogP contribution in [0.2, 0.25) is 0 Å². The molecule has 5 nitrogen and oxygen atoms in total. The lowest BCUT2D eigenvalue weighted by Crippen LogP contribution is -2.41. The molecule has 0 aliphatic carbocycles. The summed E-state index contributed by atoms with van der Waals surface area (Å²) in [5.74, 6) is 0. The van der Waals surface area contributed by atoms with Gasteiger partial charge < -0.3 is 14.0 Å². The van der Waals surface area contributed by atoms with Crippen molar-refractivity contribution >= 4 is 12.7 Å². The molecular formula is C12H21BN2O3. The highest BCUT2D eigenvalue weighted by atomic mass is 16.7. The molecule has 0 saturated carbocycles. The fraction of sp³-hybridized carbons (Fsp3) is 0.750. The summed E-state index contributed by atoms with van der Waals surface area (Å²) in [4.78, 5) is 0. The van der Waals surface area contributed by atoms with Crippen molar-refractivity contribution < 1.29 is 14.0 Å². The first-order valence-corrected chi connectivity index (χ1v) is 6.32. The Labute approximate surface area is 109 Å². The van der Waals surface area contributed by atoms with Crippen LogP contribution in [-0.4, -0.2) is 34.7 Å². The first-order valence-electron chi connectivity index (χ1n) is 6.32. The zero-order valence-electron chi connectivity index (χ0n) is 11.8. The second-order valence-electron chi connectivity index (χ2n) is 5.47. The number of ether oxygens (including phenoxy) is 1. The summed E-state index contributed by atoms with van der Waals surface area (Å²) < 4.78 is 19.1. The molecule has 0 unspecified atom stereocenters. The number of hydrogen-bond acceptors (Lipinski definition) is 4. The largest absolute Gasteiger partial charge is 0.514 e. The summed E-state index contributed by atoms with van der Waals surface area (Å²) in [6, 6.07) is 1.90. The highest BCUT2D eigenvalue weighted by Gasteiger charge is 2.52. The minimum absolute atomic E-state index is 0.335. The van der Waals surface area contributed by atoms with E-state index in [0.717, 1.165) is 5.59 Å². The molecule has 1 aromatic heterocycles. The summed E-state index contributed by atoms with van der Waals surface area (Å²) in [5.41, 5.74) is 0.221. The van der Waals surface area contributed by atoms with Crippen molar-refractivity contribution in [1.29, 1.82) is 0 Å². The van der Waals surface area contributed by atoms with Gasteiger partial charge in [0.2, 0.25) is 0 Å². The zero-order valence-corrected chi connectivity index (χ0v) is 11.8. The Balaban J connectivity index is 2.17. The van der Waals surface area contributed by atoms with Crippen molar-refractivity contribution in [3.05, 3.63) is 12.3 Å². The van der Waals surface area contributed by atoms with Crippen LogP contribution in [0, 0.1) is 0 Å². The molecule has 0 spiro atoms. The maximum atomic E-state index is 5.99. The minimum atomic E-state index is -0.391. The van der Waals surface area contributed by atoms with Gasteiger partial charge in [0.15, 0.2) is 0 Å². The van der Waals surface area contributed by atoms with E-state index in [1.54, 1.807) is 10.9 Å². The smallest absolute Gasteiger partial charge is 0.398 e. The summed E-state index contributed by atoms with van der Waals surface area (Å²) >= 11 is 0. The van der Waals surface area contributed by atoms with E-state index < -0.39 is 7.12 Å². The van der Waals surface area contributed by atoms with Gasteiger partial charge in [-0.25, -0.2) is 4.68 Å². The Hall–Kier alpha value is -0.845. The molecular weight excluding hydrogens is 231 g/mol. The second-order valence-corrected chi connectivity index (χ2v) is 5.47. The molecule has 0 atom stereocenters. The van der Waals surface area contributed by atoms with E-state index in [1.165, 1.54) is 0 Å². The van der Waals surface area contributed by atoms with Crippen LogP contribution < -0.4 is 5.59 Å². The molecule has 0 N–H and O–H groups in total. The molecule has 6 heteroatoms. The Kier molecular flexibility index (Phi) is 3.53. The average molecular weight is 252 g/mol. The zero-order chi connectivity index (χ0) is 13.4. The molecule has 1 fully saturated rings. The van der Waals surface area contributed by atoms with E-state index >= 15 is 0 Å². The van der Waals surface area contributed by atoms with Crippen LogP contribution in [-0.2, 0) is 20.8 Å². The van der Waals surface area contributed by atoms with Gasteiger partial charge in [-0.1, -0.05) is 0 Å². The Morgan fingerprint density at radius 1 is 1.28 bits per heavy atom. The van der Waals surface area contributed by atoms with Gasteiger partial charge >= 0.3 is 7.12 Å². The Morgan fingerprint density at radius 2 is 1.89 bits per heavy atom. The molecule has 0 amide bonds. The van der Waals surface area contributed by atoms with E-state index in [0.29, 0.717) is 13.3 Å². The van der Waals surface area contributed by atoms with Crippen LogP contribution in [0.1, 0.15) is 34.6 Å². The van der Waals surface area contributed by atoms with Crippen LogP contribution in [0.15, 0.2) is 12.3 Å². The fourth-order valence-electron chi connectivity index (χ4n) is 1.79.